The van der Waals surface area contributed by atoms with Crippen LogP contribution in [-0.2, 0) is 13.1 Å². The summed E-state index contributed by atoms with van der Waals surface area (Å²) in [5.74, 6) is 2.96. The van der Waals surface area contributed by atoms with Gasteiger partial charge < -0.3 is 28.1 Å². The first-order valence-electron chi connectivity index (χ1n) is 11.5. The zero-order valence-electron chi connectivity index (χ0n) is 19.4. The topological polar surface area (TPSA) is 80.9 Å². The second-order valence-electron chi connectivity index (χ2n) is 8.32. The lowest BCUT2D eigenvalue weighted by atomic mass is 10.1. The molecule has 4 aromatic rings. The number of aryl methyl sites for hydroxylation is 2. The molecule has 8 nitrogen and oxygen atoms in total. The highest BCUT2D eigenvalue weighted by Crippen LogP contribution is 2.38. The van der Waals surface area contributed by atoms with Gasteiger partial charge in [0.1, 0.15) is 0 Å². The third-order valence-corrected chi connectivity index (χ3v) is 7.66. The SMILES string of the molecule is O=Cc1cn(CCCI)c2cc3c(cc12)OCO3.O=Cc1cn(CCCI)c2cc3c(cc12)OCO3. The molecule has 4 heterocycles. The molecule has 0 fully saturated rings. The molecule has 0 radical (unpaired) electrons. The number of ether oxygens (including phenoxy) is 4. The van der Waals surface area contributed by atoms with Gasteiger partial charge in [-0.2, -0.15) is 0 Å². The van der Waals surface area contributed by atoms with Gasteiger partial charge in [-0.25, -0.2) is 0 Å². The Balaban J connectivity index is 0.000000148. The summed E-state index contributed by atoms with van der Waals surface area (Å²) in [7, 11) is 0. The van der Waals surface area contributed by atoms with Gasteiger partial charge in [0.2, 0.25) is 13.6 Å². The van der Waals surface area contributed by atoms with Crippen LogP contribution in [0.3, 0.4) is 0 Å². The largest absolute Gasteiger partial charge is 0.454 e. The second-order valence-corrected chi connectivity index (χ2v) is 10.5. The van der Waals surface area contributed by atoms with Crippen LogP contribution in [0.1, 0.15) is 33.6 Å². The van der Waals surface area contributed by atoms with Crippen LogP contribution in [0, 0.1) is 0 Å². The Kier molecular flexibility index (Phi) is 7.89. The van der Waals surface area contributed by atoms with E-state index in [0.717, 1.165) is 92.2 Å². The number of nitrogens with zero attached hydrogens (tertiary/aromatic N) is 2. The zero-order valence-corrected chi connectivity index (χ0v) is 23.7. The molecule has 0 spiro atoms. The summed E-state index contributed by atoms with van der Waals surface area (Å²) in [5.41, 5.74) is 3.48. The number of carbonyl (C=O) groups is 2. The second kappa shape index (κ2) is 11.3. The summed E-state index contributed by atoms with van der Waals surface area (Å²) >= 11 is 4.71. The predicted molar refractivity (Wildman–Crippen MR) is 154 cm³/mol. The van der Waals surface area contributed by atoms with Gasteiger partial charge in [-0.3, -0.25) is 9.59 Å². The lowest BCUT2D eigenvalue weighted by molar-refractivity contribution is 0.111. The minimum Gasteiger partial charge on any atom is -0.454 e. The first-order valence-corrected chi connectivity index (χ1v) is 14.6. The Morgan fingerprint density at radius 2 is 1.06 bits per heavy atom. The van der Waals surface area contributed by atoms with Crippen molar-refractivity contribution in [2.24, 2.45) is 0 Å². The highest BCUT2D eigenvalue weighted by Gasteiger charge is 2.19. The van der Waals surface area contributed by atoms with Crippen molar-refractivity contribution in [2.75, 3.05) is 22.4 Å². The summed E-state index contributed by atoms with van der Waals surface area (Å²) in [6.07, 6.45) is 7.75. The van der Waals surface area contributed by atoms with Crippen molar-refractivity contribution in [3.8, 4) is 23.0 Å². The minimum absolute atomic E-state index is 0.256. The van der Waals surface area contributed by atoms with Gasteiger partial charge in [0.15, 0.2) is 35.6 Å². The van der Waals surface area contributed by atoms with E-state index in [1.165, 1.54) is 0 Å². The van der Waals surface area contributed by atoms with Crippen molar-refractivity contribution in [1.82, 2.24) is 9.13 Å². The third-order valence-electron chi connectivity index (χ3n) is 6.13. The number of alkyl halides is 2. The Morgan fingerprint density at radius 3 is 1.42 bits per heavy atom. The van der Waals surface area contributed by atoms with Crippen LogP contribution in [0.25, 0.3) is 21.8 Å². The lowest BCUT2D eigenvalue weighted by Crippen LogP contribution is -1.96. The average Bonchev–Trinajstić information content (AvgIpc) is 3.68. The van der Waals surface area contributed by atoms with E-state index < -0.39 is 0 Å². The summed E-state index contributed by atoms with van der Waals surface area (Å²) in [6.45, 7) is 2.33. The van der Waals surface area contributed by atoms with Crippen LogP contribution in [0.2, 0.25) is 0 Å². The van der Waals surface area contributed by atoms with Gasteiger partial charge in [-0.1, -0.05) is 45.2 Å². The number of carbonyl (C=O) groups excluding carboxylic acids is 2. The standard InChI is InChI=1S/2C13H12INO3/c2*14-2-1-3-15-6-9(7-16)10-4-12-13(5-11(10)15)18-8-17-12/h2*4-7H,1-3,8H2. The maximum atomic E-state index is 11.1. The fourth-order valence-electron chi connectivity index (χ4n) is 4.43. The fraction of sp³-hybridized carbons (Fsp3) is 0.308. The first-order chi connectivity index (χ1) is 17.7. The van der Waals surface area contributed by atoms with Gasteiger partial charge in [0.05, 0.1) is 11.0 Å². The molecule has 2 aromatic heterocycles. The molecule has 0 aliphatic carbocycles. The molecule has 0 saturated heterocycles. The Morgan fingerprint density at radius 1 is 0.667 bits per heavy atom. The first kappa shape index (κ1) is 25.2. The molecule has 0 unspecified atom stereocenters. The van der Waals surface area contributed by atoms with Crippen LogP contribution in [-0.4, -0.2) is 44.1 Å². The molecule has 188 valence electrons. The van der Waals surface area contributed by atoms with Gasteiger partial charge in [-0.05, 0) is 25.0 Å². The van der Waals surface area contributed by atoms with Crippen molar-refractivity contribution >= 4 is 79.6 Å². The number of hydrogen-bond donors (Lipinski definition) is 0. The summed E-state index contributed by atoms with van der Waals surface area (Å²) in [5, 5.41) is 1.87. The summed E-state index contributed by atoms with van der Waals surface area (Å²) in [4.78, 5) is 22.2. The third kappa shape index (κ3) is 4.89. The van der Waals surface area contributed by atoms with Crippen LogP contribution >= 0.6 is 45.2 Å². The molecular weight excluding hydrogens is 690 g/mol. The molecule has 0 saturated carbocycles. The van der Waals surface area contributed by atoms with E-state index in [4.69, 9.17) is 18.9 Å². The molecule has 0 N–H and O–H groups in total. The number of benzene rings is 2. The summed E-state index contributed by atoms with van der Waals surface area (Å²) < 4.78 is 27.9. The van der Waals surface area contributed by atoms with Gasteiger partial charge >= 0.3 is 0 Å². The maximum absolute atomic E-state index is 11.1. The number of rotatable bonds is 8. The molecule has 0 bridgehead atoms. The van der Waals surface area contributed by atoms with Gasteiger partial charge in [0.25, 0.3) is 0 Å². The van der Waals surface area contributed by atoms with Gasteiger partial charge in [-0.15, -0.1) is 0 Å². The minimum atomic E-state index is 0.256. The lowest BCUT2D eigenvalue weighted by Gasteiger charge is -2.04. The normalized spacial score (nSPS) is 13.2. The van der Waals surface area contributed by atoms with Crippen LogP contribution < -0.4 is 18.9 Å². The smallest absolute Gasteiger partial charge is 0.231 e. The Labute approximate surface area is 235 Å². The maximum Gasteiger partial charge on any atom is 0.231 e. The zero-order chi connectivity index (χ0) is 25.1. The Hall–Kier alpha value is -2.48. The molecule has 0 atom stereocenters. The molecule has 10 heteroatoms. The number of aromatic nitrogens is 2. The highest BCUT2D eigenvalue weighted by molar-refractivity contribution is 14.1. The van der Waals surface area contributed by atoms with Crippen molar-refractivity contribution in [2.45, 2.75) is 25.9 Å². The van der Waals surface area contributed by atoms with Crippen molar-refractivity contribution in [3.05, 3.63) is 47.8 Å². The Bertz CT molecular complexity index is 1320. The van der Waals surface area contributed by atoms with E-state index in [-0.39, 0.29) is 13.6 Å². The highest BCUT2D eigenvalue weighted by atomic mass is 127. The number of halogens is 2. The van der Waals surface area contributed by atoms with E-state index in [1.54, 1.807) is 0 Å². The molecular formula is C26H24I2N2O6. The van der Waals surface area contributed by atoms with E-state index in [1.807, 2.05) is 36.7 Å². The molecule has 6 rings (SSSR count). The number of hydrogen-bond acceptors (Lipinski definition) is 6. The van der Waals surface area contributed by atoms with Crippen molar-refractivity contribution in [1.29, 1.82) is 0 Å². The average molecular weight is 714 g/mol. The van der Waals surface area contributed by atoms with Crippen LogP contribution in [0.5, 0.6) is 23.0 Å². The van der Waals surface area contributed by atoms with Crippen LogP contribution in [0.15, 0.2) is 36.7 Å². The predicted octanol–water partition coefficient (Wildman–Crippen LogP) is 6.02. The fourth-order valence-corrected chi connectivity index (χ4v) is 5.11. The van der Waals surface area contributed by atoms with E-state index in [9.17, 15) is 9.59 Å². The molecule has 0 amide bonds. The molecule has 2 aliphatic rings. The summed E-state index contributed by atoms with van der Waals surface area (Å²) in [6, 6.07) is 7.69. The van der Waals surface area contributed by atoms with Crippen molar-refractivity contribution in [3.63, 3.8) is 0 Å². The van der Waals surface area contributed by atoms with E-state index >= 15 is 0 Å². The number of aldehydes is 2. The monoisotopic (exact) mass is 714 g/mol. The number of fused-ring (bicyclic) bond motifs is 4. The van der Waals surface area contributed by atoms with E-state index in [0.29, 0.717) is 11.1 Å². The molecule has 2 aliphatic heterocycles. The van der Waals surface area contributed by atoms with Crippen LogP contribution in [0.4, 0.5) is 0 Å². The van der Waals surface area contributed by atoms with Crippen molar-refractivity contribution < 1.29 is 28.5 Å². The van der Waals surface area contributed by atoms with E-state index in [2.05, 4.69) is 54.3 Å². The quantitative estimate of drug-likeness (QED) is 0.126. The molecule has 2 aromatic carbocycles. The molecule has 36 heavy (non-hydrogen) atoms. The van der Waals surface area contributed by atoms with Gasteiger partial charge in [0, 0.05) is 68.4 Å².